The van der Waals surface area contributed by atoms with Gasteiger partial charge in [0.2, 0.25) is 0 Å². The first-order valence-electron chi connectivity index (χ1n) is 10.3. The average molecular weight is 444 g/mol. The van der Waals surface area contributed by atoms with Crippen molar-refractivity contribution >= 4 is 28.6 Å². The largest absolute Gasteiger partial charge is 0.495 e. The van der Waals surface area contributed by atoms with E-state index in [-0.39, 0.29) is 5.91 Å². The molecule has 162 valence electrons. The Kier molecular flexibility index (Phi) is 6.52. The van der Waals surface area contributed by atoms with Gasteiger partial charge in [-0.15, -0.1) is 11.3 Å². The molecular formula is C26H25N3O2S. The summed E-state index contributed by atoms with van der Waals surface area (Å²) in [4.78, 5) is 18.0. The molecule has 0 aliphatic heterocycles. The second-order valence-electron chi connectivity index (χ2n) is 7.51. The Morgan fingerprint density at radius 3 is 2.53 bits per heavy atom. The molecule has 1 aromatic heterocycles. The number of rotatable bonds is 7. The van der Waals surface area contributed by atoms with Crippen LogP contribution in [-0.2, 0) is 4.79 Å². The van der Waals surface area contributed by atoms with Crippen molar-refractivity contribution in [3.8, 4) is 17.0 Å². The second kappa shape index (κ2) is 9.66. The summed E-state index contributed by atoms with van der Waals surface area (Å²) in [6.07, 6.45) is 0. The Morgan fingerprint density at radius 1 is 1.00 bits per heavy atom. The Hall–Kier alpha value is -3.64. The van der Waals surface area contributed by atoms with Crippen molar-refractivity contribution in [1.29, 1.82) is 0 Å². The first-order chi connectivity index (χ1) is 15.5. The lowest BCUT2D eigenvalue weighted by atomic mass is 10.0. The Balaban J connectivity index is 1.64. The minimum Gasteiger partial charge on any atom is -0.495 e. The molecule has 0 saturated heterocycles. The molecule has 0 aliphatic carbocycles. The highest BCUT2D eigenvalue weighted by Gasteiger charge is 2.22. The predicted octanol–water partition coefficient (Wildman–Crippen LogP) is 6.23. The van der Waals surface area contributed by atoms with E-state index in [0.29, 0.717) is 11.4 Å². The number of hydrogen-bond acceptors (Lipinski definition) is 5. The Bertz CT molecular complexity index is 1220. The second-order valence-corrected chi connectivity index (χ2v) is 8.58. The van der Waals surface area contributed by atoms with E-state index in [4.69, 9.17) is 4.74 Å². The molecule has 0 saturated carbocycles. The van der Waals surface area contributed by atoms with Gasteiger partial charge in [0.05, 0.1) is 23.5 Å². The number of nitrogens with zero attached hydrogens (tertiary/aromatic N) is 1. The molecule has 6 heteroatoms. The normalized spacial score (nSPS) is 11.6. The van der Waals surface area contributed by atoms with Gasteiger partial charge in [-0.25, -0.2) is 4.98 Å². The van der Waals surface area contributed by atoms with Crippen molar-refractivity contribution in [3.05, 3.63) is 94.3 Å². The van der Waals surface area contributed by atoms with Crippen molar-refractivity contribution in [2.45, 2.75) is 19.9 Å². The van der Waals surface area contributed by atoms with Crippen molar-refractivity contribution in [2.24, 2.45) is 0 Å². The third-order valence-corrected chi connectivity index (χ3v) is 5.87. The van der Waals surface area contributed by atoms with Gasteiger partial charge in [0, 0.05) is 16.6 Å². The fraction of sp³-hybridized carbons (Fsp3) is 0.154. The summed E-state index contributed by atoms with van der Waals surface area (Å²) in [5, 5.41) is 9.50. The minimum atomic E-state index is -0.589. The first-order valence-corrected chi connectivity index (χ1v) is 11.2. The Morgan fingerprint density at radius 2 is 1.81 bits per heavy atom. The summed E-state index contributed by atoms with van der Waals surface area (Å²) in [6.45, 7) is 3.97. The van der Waals surface area contributed by atoms with Crippen LogP contribution in [0, 0.1) is 13.8 Å². The van der Waals surface area contributed by atoms with Gasteiger partial charge in [0.25, 0.3) is 5.91 Å². The van der Waals surface area contributed by atoms with Gasteiger partial charge < -0.3 is 15.4 Å². The molecule has 2 N–H and O–H groups in total. The SMILES string of the molecule is COc1ccc(C)cc1NC(=O)C(Nc1cccc(-c2csc(C)n2)c1)c1ccccc1. The van der Waals surface area contributed by atoms with E-state index in [0.717, 1.165) is 33.1 Å². The van der Waals surface area contributed by atoms with Gasteiger partial charge in [0.15, 0.2) is 0 Å². The van der Waals surface area contributed by atoms with Crippen molar-refractivity contribution in [2.75, 3.05) is 17.7 Å². The number of thiazole rings is 1. The molecule has 0 spiro atoms. The lowest BCUT2D eigenvalue weighted by molar-refractivity contribution is -0.117. The fourth-order valence-corrected chi connectivity index (χ4v) is 4.12. The molecule has 0 bridgehead atoms. The van der Waals surface area contributed by atoms with Crippen LogP contribution in [-0.4, -0.2) is 18.0 Å². The number of aryl methyl sites for hydroxylation is 2. The highest BCUT2D eigenvalue weighted by Crippen LogP contribution is 2.29. The van der Waals surface area contributed by atoms with Gasteiger partial charge in [-0.3, -0.25) is 4.79 Å². The Labute approximate surface area is 192 Å². The maximum Gasteiger partial charge on any atom is 0.251 e. The molecule has 1 amide bonds. The first kappa shape index (κ1) is 21.6. The number of hydrogen-bond donors (Lipinski definition) is 2. The van der Waals surface area contributed by atoms with Crippen LogP contribution in [0.3, 0.4) is 0 Å². The standard InChI is InChI=1S/C26H25N3O2S/c1-17-12-13-24(31-3)22(14-17)29-26(30)25(19-8-5-4-6-9-19)28-21-11-7-10-20(15-21)23-16-32-18(2)27-23/h4-16,25,28H,1-3H3,(H,29,30). The monoisotopic (exact) mass is 443 g/mol. The van der Waals surface area contributed by atoms with Crippen LogP contribution in [0.5, 0.6) is 5.75 Å². The molecule has 4 rings (SSSR count). The van der Waals surface area contributed by atoms with Gasteiger partial charge >= 0.3 is 0 Å². The molecule has 0 aliphatic rings. The minimum absolute atomic E-state index is 0.171. The molecule has 4 aromatic rings. The zero-order valence-electron chi connectivity index (χ0n) is 18.3. The van der Waals surface area contributed by atoms with Crippen molar-refractivity contribution in [1.82, 2.24) is 4.98 Å². The summed E-state index contributed by atoms with van der Waals surface area (Å²) in [7, 11) is 1.60. The van der Waals surface area contributed by atoms with Crippen LogP contribution >= 0.6 is 11.3 Å². The number of aromatic nitrogens is 1. The van der Waals surface area contributed by atoms with Gasteiger partial charge in [0.1, 0.15) is 11.8 Å². The lowest BCUT2D eigenvalue weighted by Crippen LogP contribution is -2.27. The molecule has 1 unspecified atom stereocenters. The van der Waals surface area contributed by atoms with Gasteiger partial charge in [-0.2, -0.15) is 0 Å². The number of nitrogens with one attached hydrogen (secondary N) is 2. The number of benzene rings is 3. The van der Waals surface area contributed by atoms with E-state index >= 15 is 0 Å². The number of carbonyl (C=O) groups excluding carboxylic acids is 1. The van der Waals surface area contributed by atoms with Crippen molar-refractivity contribution < 1.29 is 9.53 Å². The van der Waals surface area contributed by atoms with Crippen LogP contribution in [0.4, 0.5) is 11.4 Å². The van der Waals surface area contributed by atoms with Crippen molar-refractivity contribution in [3.63, 3.8) is 0 Å². The van der Waals surface area contributed by atoms with E-state index in [1.165, 1.54) is 0 Å². The number of amides is 1. The summed E-state index contributed by atoms with van der Waals surface area (Å²) in [6, 6.07) is 22.8. The maximum absolute atomic E-state index is 13.4. The molecule has 0 fully saturated rings. The van der Waals surface area contributed by atoms with E-state index in [1.54, 1.807) is 18.4 Å². The molecule has 1 atom stereocenters. The fourth-order valence-electron chi connectivity index (χ4n) is 3.50. The van der Waals surface area contributed by atoms with E-state index in [9.17, 15) is 4.79 Å². The summed E-state index contributed by atoms with van der Waals surface area (Å²) in [5.74, 6) is 0.451. The lowest BCUT2D eigenvalue weighted by Gasteiger charge is -2.21. The summed E-state index contributed by atoms with van der Waals surface area (Å²) >= 11 is 1.62. The van der Waals surface area contributed by atoms with Crippen LogP contribution in [0.15, 0.2) is 78.2 Å². The highest BCUT2D eigenvalue weighted by molar-refractivity contribution is 7.09. The van der Waals surface area contributed by atoms with Crippen LogP contribution in [0.2, 0.25) is 0 Å². The van der Waals surface area contributed by atoms with E-state index < -0.39 is 6.04 Å². The van der Waals surface area contributed by atoms with Crippen LogP contribution in [0.1, 0.15) is 22.2 Å². The average Bonchev–Trinajstić information content (AvgIpc) is 3.25. The van der Waals surface area contributed by atoms with Crippen LogP contribution in [0.25, 0.3) is 11.3 Å². The number of anilines is 2. The van der Waals surface area contributed by atoms with E-state index in [1.807, 2.05) is 92.0 Å². The molecule has 0 radical (unpaired) electrons. The number of methoxy groups -OCH3 is 1. The van der Waals surface area contributed by atoms with Crippen LogP contribution < -0.4 is 15.4 Å². The zero-order valence-corrected chi connectivity index (χ0v) is 19.1. The topological polar surface area (TPSA) is 63.2 Å². The molecule has 32 heavy (non-hydrogen) atoms. The molecular weight excluding hydrogens is 418 g/mol. The number of carbonyl (C=O) groups is 1. The maximum atomic E-state index is 13.4. The van der Waals surface area contributed by atoms with Gasteiger partial charge in [-0.05, 0) is 49.2 Å². The van der Waals surface area contributed by atoms with E-state index in [2.05, 4.69) is 15.6 Å². The molecule has 1 heterocycles. The number of ether oxygens (including phenoxy) is 1. The third kappa shape index (κ3) is 4.98. The third-order valence-electron chi connectivity index (χ3n) is 5.10. The predicted molar refractivity (Wildman–Crippen MR) is 131 cm³/mol. The smallest absolute Gasteiger partial charge is 0.251 e. The zero-order chi connectivity index (χ0) is 22.5. The summed E-state index contributed by atoms with van der Waals surface area (Å²) in [5.41, 5.74) is 5.33. The summed E-state index contributed by atoms with van der Waals surface area (Å²) < 4.78 is 5.43. The van der Waals surface area contributed by atoms with Gasteiger partial charge in [-0.1, -0.05) is 48.5 Å². The quantitative estimate of drug-likeness (QED) is 0.355. The molecule has 5 nitrogen and oxygen atoms in total. The molecule has 3 aromatic carbocycles. The highest BCUT2D eigenvalue weighted by atomic mass is 32.1.